The smallest absolute Gasteiger partial charge is 0.253 e. The second-order valence-corrected chi connectivity index (χ2v) is 6.03. The van der Waals surface area contributed by atoms with Crippen LogP contribution in [-0.4, -0.2) is 34.8 Å². The molecule has 1 aliphatic heterocycles. The van der Waals surface area contributed by atoms with Crippen LogP contribution in [0.3, 0.4) is 0 Å². The van der Waals surface area contributed by atoms with Crippen LogP contribution in [0.2, 0.25) is 0 Å². The van der Waals surface area contributed by atoms with Gasteiger partial charge in [0.15, 0.2) is 0 Å². The third-order valence-corrected chi connectivity index (χ3v) is 4.39. The zero-order valence-electron chi connectivity index (χ0n) is 12.0. The van der Waals surface area contributed by atoms with Crippen molar-refractivity contribution < 1.29 is 4.79 Å². The van der Waals surface area contributed by atoms with Crippen molar-refractivity contribution in [3.63, 3.8) is 0 Å². The van der Waals surface area contributed by atoms with Crippen LogP contribution in [0.4, 0.5) is 0 Å². The van der Waals surface area contributed by atoms with Crippen molar-refractivity contribution in [2.24, 2.45) is 5.92 Å². The van der Waals surface area contributed by atoms with Gasteiger partial charge in [-0.2, -0.15) is 0 Å². The third-order valence-electron chi connectivity index (χ3n) is 4.17. The van der Waals surface area contributed by atoms with E-state index >= 15 is 0 Å². The highest BCUT2D eigenvalue weighted by Crippen LogP contribution is 2.22. The largest absolute Gasteiger partial charge is 0.338 e. The average Bonchev–Trinajstić information content (AvgIpc) is 2.54. The summed E-state index contributed by atoms with van der Waals surface area (Å²) in [4.78, 5) is 18.9. The van der Waals surface area contributed by atoms with E-state index in [1.54, 1.807) is 6.20 Å². The lowest BCUT2D eigenvalue weighted by Gasteiger charge is -2.32. The molecule has 0 N–H and O–H groups in total. The summed E-state index contributed by atoms with van der Waals surface area (Å²) in [6, 6.07) is 9.63. The lowest BCUT2D eigenvalue weighted by atomic mass is 9.95. The maximum Gasteiger partial charge on any atom is 0.253 e. The number of benzene rings is 1. The lowest BCUT2D eigenvalue weighted by molar-refractivity contribution is 0.0672. The Balaban J connectivity index is 1.79. The Hall–Kier alpha value is -1.61. The first-order valence-corrected chi connectivity index (χ1v) is 8.01. The van der Waals surface area contributed by atoms with Crippen LogP contribution in [0, 0.1) is 5.92 Å². The van der Waals surface area contributed by atoms with E-state index in [0.29, 0.717) is 11.8 Å². The van der Waals surface area contributed by atoms with E-state index < -0.39 is 0 Å². The summed E-state index contributed by atoms with van der Waals surface area (Å²) in [6.45, 7) is 1.68. The molecule has 1 aromatic carbocycles. The molecule has 0 radical (unpaired) electrons. The van der Waals surface area contributed by atoms with Crippen LogP contribution >= 0.6 is 11.6 Å². The minimum absolute atomic E-state index is 0.125. The highest BCUT2D eigenvalue weighted by molar-refractivity contribution is 6.17. The zero-order chi connectivity index (χ0) is 14.7. The van der Waals surface area contributed by atoms with Gasteiger partial charge in [-0.3, -0.25) is 9.78 Å². The maximum atomic E-state index is 12.7. The van der Waals surface area contributed by atoms with Gasteiger partial charge in [0.2, 0.25) is 0 Å². The molecular formula is C17H19ClN2O. The fourth-order valence-corrected chi connectivity index (χ4v) is 3.34. The van der Waals surface area contributed by atoms with Crippen LogP contribution in [0.25, 0.3) is 10.9 Å². The molecule has 3 rings (SSSR count). The molecule has 1 saturated heterocycles. The van der Waals surface area contributed by atoms with Gasteiger partial charge in [0, 0.05) is 36.1 Å². The first kappa shape index (κ1) is 14.3. The Kier molecular flexibility index (Phi) is 4.39. The third kappa shape index (κ3) is 3.18. The molecule has 4 heteroatoms. The van der Waals surface area contributed by atoms with Crippen molar-refractivity contribution >= 4 is 28.4 Å². The Labute approximate surface area is 129 Å². The molecule has 0 saturated carbocycles. The number of halogens is 1. The highest BCUT2D eigenvalue weighted by atomic mass is 35.5. The van der Waals surface area contributed by atoms with Gasteiger partial charge in [0.1, 0.15) is 0 Å². The zero-order valence-corrected chi connectivity index (χ0v) is 12.7. The molecular weight excluding hydrogens is 284 g/mol. The topological polar surface area (TPSA) is 33.2 Å². The number of carbonyl (C=O) groups excluding carboxylic acids is 1. The van der Waals surface area contributed by atoms with Crippen LogP contribution in [0.15, 0.2) is 36.5 Å². The van der Waals surface area contributed by atoms with Crippen molar-refractivity contribution in [2.75, 3.05) is 19.0 Å². The molecule has 110 valence electrons. The second-order valence-electron chi connectivity index (χ2n) is 5.65. The number of rotatable bonds is 3. The number of amides is 1. The summed E-state index contributed by atoms with van der Waals surface area (Å²) < 4.78 is 0. The molecule has 1 atom stereocenters. The van der Waals surface area contributed by atoms with Crippen molar-refractivity contribution in [3.05, 3.63) is 42.1 Å². The standard InChI is InChI=1S/C17H19ClN2O/c18-8-7-13-3-2-10-20(12-13)17(21)15-5-6-16-14(11-15)4-1-9-19-16/h1,4-6,9,11,13H,2-3,7-8,10,12H2. The van der Waals surface area contributed by atoms with Crippen LogP contribution in [0.1, 0.15) is 29.6 Å². The maximum absolute atomic E-state index is 12.7. The molecule has 2 heterocycles. The van der Waals surface area contributed by atoms with Gasteiger partial charge in [-0.1, -0.05) is 6.07 Å². The Morgan fingerprint density at radius 2 is 2.29 bits per heavy atom. The van der Waals surface area contributed by atoms with Gasteiger partial charge >= 0.3 is 0 Å². The van der Waals surface area contributed by atoms with E-state index in [4.69, 9.17) is 11.6 Å². The molecule has 1 aliphatic rings. The van der Waals surface area contributed by atoms with Gasteiger partial charge in [-0.05, 0) is 49.4 Å². The van der Waals surface area contributed by atoms with Crippen molar-refractivity contribution in [1.29, 1.82) is 0 Å². The molecule has 1 aromatic heterocycles. The quantitative estimate of drug-likeness (QED) is 0.810. The molecule has 1 amide bonds. The fourth-order valence-electron chi connectivity index (χ4n) is 3.03. The van der Waals surface area contributed by atoms with E-state index in [0.717, 1.165) is 42.4 Å². The van der Waals surface area contributed by atoms with E-state index in [1.807, 2.05) is 35.2 Å². The SMILES string of the molecule is O=C(c1ccc2ncccc2c1)N1CCCC(CCCl)C1. The van der Waals surface area contributed by atoms with E-state index in [9.17, 15) is 4.79 Å². The summed E-state index contributed by atoms with van der Waals surface area (Å²) >= 11 is 5.83. The minimum Gasteiger partial charge on any atom is -0.338 e. The number of aromatic nitrogens is 1. The van der Waals surface area contributed by atoms with Crippen LogP contribution in [-0.2, 0) is 0 Å². The Morgan fingerprint density at radius 3 is 3.14 bits per heavy atom. The molecule has 3 nitrogen and oxygen atoms in total. The van der Waals surface area contributed by atoms with E-state index in [2.05, 4.69) is 4.98 Å². The molecule has 2 aromatic rings. The first-order valence-electron chi connectivity index (χ1n) is 7.48. The Morgan fingerprint density at radius 1 is 1.38 bits per heavy atom. The average molecular weight is 303 g/mol. The highest BCUT2D eigenvalue weighted by Gasteiger charge is 2.24. The lowest BCUT2D eigenvalue weighted by Crippen LogP contribution is -2.40. The number of nitrogens with zero attached hydrogens (tertiary/aromatic N) is 2. The predicted octanol–water partition coefficient (Wildman–Crippen LogP) is 3.72. The monoisotopic (exact) mass is 302 g/mol. The predicted molar refractivity (Wildman–Crippen MR) is 85.7 cm³/mol. The van der Waals surface area contributed by atoms with Gasteiger partial charge in [-0.15, -0.1) is 11.6 Å². The van der Waals surface area contributed by atoms with Gasteiger partial charge in [0.25, 0.3) is 5.91 Å². The molecule has 0 spiro atoms. The van der Waals surface area contributed by atoms with Crippen molar-refractivity contribution in [3.8, 4) is 0 Å². The summed E-state index contributed by atoms with van der Waals surface area (Å²) in [6.07, 6.45) is 5.01. The Bertz CT molecular complexity index is 641. The van der Waals surface area contributed by atoms with E-state index in [-0.39, 0.29) is 5.91 Å². The second kappa shape index (κ2) is 6.44. The fraction of sp³-hybridized carbons (Fsp3) is 0.412. The summed E-state index contributed by atoms with van der Waals surface area (Å²) in [7, 11) is 0. The molecule has 1 unspecified atom stereocenters. The summed E-state index contributed by atoms with van der Waals surface area (Å²) in [5, 5.41) is 1.01. The van der Waals surface area contributed by atoms with Gasteiger partial charge in [-0.25, -0.2) is 0 Å². The number of likely N-dealkylation sites (tertiary alicyclic amines) is 1. The minimum atomic E-state index is 0.125. The number of carbonyl (C=O) groups is 1. The molecule has 0 aliphatic carbocycles. The summed E-state index contributed by atoms with van der Waals surface area (Å²) in [5.41, 5.74) is 1.68. The van der Waals surface area contributed by atoms with E-state index in [1.165, 1.54) is 6.42 Å². The van der Waals surface area contributed by atoms with Crippen molar-refractivity contribution in [1.82, 2.24) is 9.88 Å². The van der Waals surface area contributed by atoms with Gasteiger partial charge < -0.3 is 4.90 Å². The normalized spacial score (nSPS) is 18.9. The number of hydrogen-bond donors (Lipinski definition) is 0. The number of fused-ring (bicyclic) bond motifs is 1. The van der Waals surface area contributed by atoms with Gasteiger partial charge in [0.05, 0.1) is 5.52 Å². The number of pyridine rings is 1. The number of hydrogen-bond acceptors (Lipinski definition) is 2. The molecule has 0 bridgehead atoms. The van der Waals surface area contributed by atoms with Crippen molar-refractivity contribution in [2.45, 2.75) is 19.3 Å². The molecule has 1 fully saturated rings. The van der Waals surface area contributed by atoms with Crippen LogP contribution in [0.5, 0.6) is 0 Å². The first-order chi connectivity index (χ1) is 10.3. The van der Waals surface area contributed by atoms with Crippen LogP contribution < -0.4 is 0 Å². The molecule has 21 heavy (non-hydrogen) atoms. The number of piperidine rings is 1. The number of alkyl halides is 1. The summed E-state index contributed by atoms with van der Waals surface area (Å²) in [5.74, 6) is 1.34.